The number of hydrogen-bond acceptors (Lipinski definition) is 5. The SMILES string of the molecule is CC(NCc1ccc(O)cc1O)c1nccs1. The molecule has 0 aliphatic carbocycles. The maximum absolute atomic E-state index is 9.62. The number of phenolic OH excluding ortho intramolecular Hbond substituents is 2. The normalized spacial score (nSPS) is 12.5. The Morgan fingerprint density at radius 3 is 2.88 bits per heavy atom. The highest BCUT2D eigenvalue weighted by molar-refractivity contribution is 7.09. The molecule has 17 heavy (non-hydrogen) atoms. The van der Waals surface area contributed by atoms with Crippen LogP contribution in [0, 0.1) is 0 Å². The van der Waals surface area contributed by atoms with Gasteiger partial charge in [-0.05, 0) is 13.0 Å². The first-order valence-electron chi connectivity index (χ1n) is 5.30. The Bertz CT molecular complexity index is 485. The van der Waals surface area contributed by atoms with Crippen LogP contribution in [-0.4, -0.2) is 15.2 Å². The maximum Gasteiger partial charge on any atom is 0.123 e. The topological polar surface area (TPSA) is 65.4 Å². The minimum absolute atomic E-state index is 0.0687. The van der Waals surface area contributed by atoms with Gasteiger partial charge in [0.15, 0.2) is 0 Å². The summed E-state index contributed by atoms with van der Waals surface area (Å²) in [7, 11) is 0. The largest absolute Gasteiger partial charge is 0.508 e. The van der Waals surface area contributed by atoms with Crippen molar-refractivity contribution in [2.45, 2.75) is 19.5 Å². The van der Waals surface area contributed by atoms with Gasteiger partial charge in [-0.3, -0.25) is 0 Å². The van der Waals surface area contributed by atoms with E-state index in [1.807, 2.05) is 12.3 Å². The molecule has 4 nitrogen and oxygen atoms in total. The van der Waals surface area contributed by atoms with Crippen molar-refractivity contribution in [3.8, 4) is 11.5 Å². The van der Waals surface area contributed by atoms with Crippen LogP contribution >= 0.6 is 11.3 Å². The smallest absolute Gasteiger partial charge is 0.123 e. The van der Waals surface area contributed by atoms with E-state index in [9.17, 15) is 10.2 Å². The predicted molar refractivity (Wildman–Crippen MR) is 67.1 cm³/mol. The molecule has 0 aliphatic heterocycles. The first-order chi connectivity index (χ1) is 8.16. The fraction of sp³-hybridized carbons (Fsp3) is 0.250. The molecule has 90 valence electrons. The van der Waals surface area contributed by atoms with Gasteiger partial charge in [-0.1, -0.05) is 6.07 Å². The first-order valence-corrected chi connectivity index (χ1v) is 6.18. The first kappa shape index (κ1) is 11.9. The number of benzene rings is 1. The molecule has 2 rings (SSSR count). The highest BCUT2D eigenvalue weighted by Gasteiger charge is 2.08. The monoisotopic (exact) mass is 250 g/mol. The molecular formula is C12H14N2O2S. The average Bonchev–Trinajstić information content (AvgIpc) is 2.81. The molecule has 0 amide bonds. The number of thiazole rings is 1. The molecule has 1 unspecified atom stereocenters. The van der Waals surface area contributed by atoms with Crippen molar-refractivity contribution in [1.82, 2.24) is 10.3 Å². The molecule has 0 bridgehead atoms. The van der Waals surface area contributed by atoms with Crippen molar-refractivity contribution in [2.24, 2.45) is 0 Å². The van der Waals surface area contributed by atoms with Gasteiger partial charge in [-0.2, -0.15) is 0 Å². The molecule has 1 atom stereocenters. The fourth-order valence-electron chi connectivity index (χ4n) is 1.50. The minimum atomic E-state index is 0.0687. The van der Waals surface area contributed by atoms with Crippen molar-refractivity contribution in [1.29, 1.82) is 0 Å². The lowest BCUT2D eigenvalue weighted by atomic mass is 10.2. The summed E-state index contributed by atoms with van der Waals surface area (Å²) < 4.78 is 0. The number of aromatic hydroxyl groups is 2. The Labute approximate surface area is 104 Å². The average molecular weight is 250 g/mol. The van der Waals surface area contributed by atoms with Gasteiger partial charge in [0.05, 0.1) is 6.04 Å². The van der Waals surface area contributed by atoms with E-state index in [4.69, 9.17) is 0 Å². The van der Waals surface area contributed by atoms with Gasteiger partial charge in [-0.25, -0.2) is 4.98 Å². The van der Waals surface area contributed by atoms with E-state index < -0.39 is 0 Å². The van der Waals surface area contributed by atoms with Crippen LogP contribution in [-0.2, 0) is 6.54 Å². The van der Waals surface area contributed by atoms with Crippen molar-refractivity contribution < 1.29 is 10.2 Å². The van der Waals surface area contributed by atoms with Gasteiger partial charge in [0.25, 0.3) is 0 Å². The van der Waals surface area contributed by atoms with E-state index >= 15 is 0 Å². The maximum atomic E-state index is 9.62. The molecule has 0 saturated heterocycles. The van der Waals surface area contributed by atoms with Crippen molar-refractivity contribution >= 4 is 11.3 Å². The number of hydrogen-bond donors (Lipinski definition) is 3. The molecule has 1 aromatic heterocycles. The van der Waals surface area contributed by atoms with Crippen LogP contribution in [0.4, 0.5) is 0 Å². The molecular weight excluding hydrogens is 236 g/mol. The molecule has 0 aliphatic rings. The van der Waals surface area contributed by atoms with Crippen LogP contribution in [0.5, 0.6) is 11.5 Å². The van der Waals surface area contributed by atoms with Gasteiger partial charge in [0.1, 0.15) is 16.5 Å². The second-order valence-corrected chi connectivity index (χ2v) is 4.71. The van der Waals surface area contributed by atoms with Gasteiger partial charge in [0, 0.05) is 29.8 Å². The van der Waals surface area contributed by atoms with Crippen LogP contribution in [0.15, 0.2) is 29.8 Å². The third-order valence-corrected chi connectivity index (χ3v) is 3.45. The second-order valence-electron chi connectivity index (χ2n) is 3.79. The summed E-state index contributed by atoms with van der Waals surface area (Å²) in [6.45, 7) is 2.56. The Kier molecular flexibility index (Phi) is 3.61. The van der Waals surface area contributed by atoms with Crippen molar-refractivity contribution in [2.75, 3.05) is 0 Å². The van der Waals surface area contributed by atoms with E-state index in [0.717, 1.165) is 10.6 Å². The highest BCUT2D eigenvalue weighted by Crippen LogP contribution is 2.23. The lowest BCUT2D eigenvalue weighted by Gasteiger charge is -2.12. The van der Waals surface area contributed by atoms with Gasteiger partial charge in [-0.15, -0.1) is 11.3 Å². The van der Waals surface area contributed by atoms with Crippen molar-refractivity contribution in [3.63, 3.8) is 0 Å². The summed E-state index contributed by atoms with van der Waals surface area (Å²) in [5, 5.41) is 25.0. The van der Waals surface area contributed by atoms with Crippen LogP contribution in [0.3, 0.4) is 0 Å². The van der Waals surface area contributed by atoms with Crippen LogP contribution in [0.2, 0.25) is 0 Å². The molecule has 2 aromatic rings. The van der Waals surface area contributed by atoms with Crippen LogP contribution in [0.25, 0.3) is 0 Å². The number of aromatic nitrogens is 1. The van der Waals surface area contributed by atoms with E-state index in [2.05, 4.69) is 10.3 Å². The molecule has 3 N–H and O–H groups in total. The van der Waals surface area contributed by atoms with Gasteiger partial charge in [0.2, 0.25) is 0 Å². The quantitative estimate of drug-likeness (QED) is 0.779. The van der Waals surface area contributed by atoms with E-state index in [1.165, 1.54) is 6.07 Å². The standard InChI is InChI=1S/C12H14N2O2S/c1-8(12-13-4-5-17-12)14-7-9-2-3-10(15)6-11(9)16/h2-6,8,14-16H,7H2,1H3. The zero-order valence-corrected chi connectivity index (χ0v) is 10.2. The third-order valence-electron chi connectivity index (χ3n) is 2.49. The molecule has 5 heteroatoms. The minimum Gasteiger partial charge on any atom is -0.508 e. The van der Waals surface area contributed by atoms with Crippen LogP contribution < -0.4 is 5.32 Å². The van der Waals surface area contributed by atoms with Crippen molar-refractivity contribution in [3.05, 3.63) is 40.3 Å². The molecule has 1 heterocycles. The Balaban J connectivity index is 1.98. The summed E-state index contributed by atoms with van der Waals surface area (Å²) in [6, 6.07) is 4.74. The number of nitrogens with one attached hydrogen (secondary N) is 1. The Hall–Kier alpha value is -1.59. The molecule has 0 spiro atoms. The number of rotatable bonds is 4. The summed E-state index contributed by atoms with van der Waals surface area (Å²) >= 11 is 1.60. The number of nitrogens with zero attached hydrogens (tertiary/aromatic N) is 1. The molecule has 0 fully saturated rings. The Morgan fingerprint density at radius 1 is 1.41 bits per heavy atom. The fourth-order valence-corrected chi connectivity index (χ4v) is 2.17. The lowest BCUT2D eigenvalue weighted by Crippen LogP contribution is -2.17. The Morgan fingerprint density at radius 2 is 2.24 bits per heavy atom. The summed E-state index contributed by atoms with van der Waals surface area (Å²) in [5.74, 6) is 0.170. The highest BCUT2D eigenvalue weighted by atomic mass is 32.1. The van der Waals surface area contributed by atoms with Gasteiger partial charge < -0.3 is 15.5 Å². The molecule has 0 saturated carbocycles. The zero-order chi connectivity index (χ0) is 12.3. The summed E-state index contributed by atoms with van der Waals surface area (Å²) in [5.41, 5.74) is 0.756. The van der Waals surface area contributed by atoms with Crippen LogP contribution in [0.1, 0.15) is 23.5 Å². The molecule has 0 radical (unpaired) electrons. The summed E-state index contributed by atoms with van der Waals surface area (Å²) in [4.78, 5) is 4.22. The predicted octanol–water partition coefficient (Wildman–Crippen LogP) is 2.41. The summed E-state index contributed by atoms with van der Waals surface area (Å²) in [6.07, 6.45) is 1.77. The molecule has 1 aromatic carbocycles. The number of phenols is 2. The third kappa shape index (κ3) is 2.95. The van der Waals surface area contributed by atoms with E-state index in [-0.39, 0.29) is 17.5 Å². The lowest BCUT2D eigenvalue weighted by molar-refractivity contribution is 0.441. The second kappa shape index (κ2) is 5.16. The van der Waals surface area contributed by atoms with E-state index in [1.54, 1.807) is 29.7 Å². The zero-order valence-electron chi connectivity index (χ0n) is 9.42. The van der Waals surface area contributed by atoms with E-state index in [0.29, 0.717) is 6.54 Å². The van der Waals surface area contributed by atoms with Gasteiger partial charge >= 0.3 is 0 Å².